The molecule has 0 spiro atoms. The highest BCUT2D eigenvalue weighted by molar-refractivity contribution is 5.90. The zero-order valence-corrected chi connectivity index (χ0v) is 22.8. The summed E-state index contributed by atoms with van der Waals surface area (Å²) < 4.78 is 16.1. The molecule has 0 atom stereocenters. The maximum absolute atomic E-state index is 12.2. The fraction of sp³-hybridized carbons (Fsp3) is 0.0571. The van der Waals surface area contributed by atoms with Gasteiger partial charge in [0.25, 0.3) is 0 Å². The molecule has 0 radical (unpaired) electrons. The van der Waals surface area contributed by atoms with Gasteiger partial charge in [0.1, 0.15) is 17.2 Å². The lowest BCUT2D eigenvalue weighted by atomic mass is 9.97. The van der Waals surface area contributed by atoms with Crippen LogP contribution in [0.2, 0.25) is 0 Å². The number of rotatable bonds is 9. The Morgan fingerprint density at radius 1 is 0.561 bits per heavy atom. The Morgan fingerprint density at radius 3 is 1.39 bits per heavy atom. The van der Waals surface area contributed by atoms with Crippen molar-refractivity contribution in [1.29, 1.82) is 0 Å². The average molecular weight is 545 g/mol. The van der Waals surface area contributed by atoms with Crippen LogP contribution in [-0.2, 0) is 14.4 Å². The summed E-state index contributed by atoms with van der Waals surface area (Å²) in [6.07, 6.45) is 1.11. The van der Waals surface area contributed by atoms with E-state index in [9.17, 15) is 14.4 Å². The van der Waals surface area contributed by atoms with E-state index in [4.69, 9.17) is 14.2 Å². The lowest BCUT2D eigenvalue weighted by Crippen LogP contribution is -2.07. The Morgan fingerprint density at radius 2 is 0.951 bits per heavy atom. The van der Waals surface area contributed by atoms with Crippen molar-refractivity contribution in [2.24, 2.45) is 0 Å². The molecule has 0 saturated heterocycles. The van der Waals surface area contributed by atoms with Gasteiger partial charge in [-0.3, -0.25) is 0 Å². The first-order valence-corrected chi connectivity index (χ1v) is 12.7. The van der Waals surface area contributed by atoms with E-state index in [-0.39, 0.29) is 0 Å². The fourth-order valence-corrected chi connectivity index (χ4v) is 3.84. The van der Waals surface area contributed by atoms with E-state index in [1.807, 2.05) is 60.7 Å². The monoisotopic (exact) mass is 544 g/mol. The number of hydrogen-bond acceptors (Lipinski definition) is 6. The topological polar surface area (TPSA) is 78.9 Å². The summed E-state index contributed by atoms with van der Waals surface area (Å²) in [4.78, 5) is 35.7. The first kappa shape index (κ1) is 28.5. The van der Waals surface area contributed by atoms with Crippen molar-refractivity contribution in [3.63, 3.8) is 0 Å². The van der Waals surface area contributed by atoms with Crippen LogP contribution in [-0.4, -0.2) is 17.9 Å². The minimum atomic E-state index is -0.575. The van der Waals surface area contributed by atoms with Gasteiger partial charge >= 0.3 is 17.9 Å². The average Bonchev–Trinajstić information content (AvgIpc) is 2.98. The molecule has 0 bridgehead atoms. The molecule has 0 N–H and O–H groups in total. The van der Waals surface area contributed by atoms with Gasteiger partial charge in [0.2, 0.25) is 0 Å². The maximum atomic E-state index is 12.2. The summed E-state index contributed by atoms with van der Waals surface area (Å²) >= 11 is 0. The molecular formula is C35H28O6. The molecule has 0 saturated carbocycles. The second kappa shape index (κ2) is 12.6. The van der Waals surface area contributed by atoms with Crippen LogP contribution >= 0.6 is 0 Å². The molecule has 0 unspecified atom stereocenters. The van der Waals surface area contributed by atoms with Gasteiger partial charge in [-0.2, -0.15) is 0 Å². The Labute approximate surface area is 238 Å². The van der Waals surface area contributed by atoms with Crippen molar-refractivity contribution in [1.82, 2.24) is 0 Å². The van der Waals surface area contributed by atoms with Gasteiger partial charge in [-0.25, -0.2) is 14.4 Å². The molecule has 0 amide bonds. The summed E-state index contributed by atoms with van der Waals surface area (Å²) in [5, 5.41) is 0. The van der Waals surface area contributed by atoms with E-state index < -0.39 is 17.9 Å². The highest BCUT2D eigenvalue weighted by atomic mass is 16.5. The van der Waals surface area contributed by atoms with Crippen molar-refractivity contribution in [3.05, 3.63) is 128 Å². The van der Waals surface area contributed by atoms with Crippen molar-refractivity contribution in [2.75, 3.05) is 0 Å². The summed E-state index contributed by atoms with van der Waals surface area (Å²) in [6.45, 7) is 13.9. The lowest BCUT2D eigenvalue weighted by Gasteiger charge is -2.13. The third kappa shape index (κ3) is 7.13. The molecule has 0 heterocycles. The molecule has 204 valence electrons. The van der Waals surface area contributed by atoms with Crippen LogP contribution in [0, 0.1) is 0 Å². The standard InChI is InChI=1S/C35H28O6/c1-6-33(36)41-32-21-28(26-13-18-30(19-14-26)40-35(38)23(4)5)15-20-31(32)27-9-7-24(8-10-27)25-11-16-29(17-12-25)39-34(37)22(2)3/h6-21H,1-2,4H2,3,5H3. The predicted molar refractivity (Wildman–Crippen MR) is 159 cm³/mol. The molecule has 6 heteroatoms. The van der Waals surface area contributed by atoms with Crippen LogP contribution in [0.3, 0.4) is 0 Å². The van der Waals surface area contributed by atoms with Crippen molar-refractivity contribution >= 4 is 17.9 Å². The van der Waals surface area contributed by atoms with Crippen LogP contribution in [0.5, 0.6) is 17.2 Å². The molecule has 41 heavy (non-hydrogen) atoms. The minimum absolute atomic E-state index is 0.311. The Hall–Kier alpha value is -5.49. The van der Waals surface area contributed by atoms with E-state index in [0.29, 0.717) is 28.4 Å². The number of benzene rings is 4. The van der Waals surface area contributed by atoms with Gasteiger partial charge < -0.3 is 14.2 Å². The number of esters is 3. The summed E-state index contributed by atoms with van der Waals surface area (Å²) in [5.41, 5.74) is 5.77. The van der Waals surface area contributed by atoms with E-state index >= 15 is 0 Å². The number of carbonyl (C=O) groups excluding carboxylic acids is 3. The van der Waals surface area contributed by atoms with Crippen molar-refractivity contribution in [2.45, 2.75) is 13.8 Å². The molecule has 0 fully saturated rings. The highest BCUT2D eigenvalue weighted by Crippen LogP contribution is 2.36. The summed E-state index contributed by atoms with van der Waals surface area (Å²) in [7, 11) is 0. The normalized spacial score (nSPS) is 10.3. The van der Waals surface area contributed by atoms with Crippen LogP contribution in [0.1, 0.15) is 13.8 Å². The van der Waals surface area contributed by atoms with Crippen LogP contribution in [0.15, 0.2) is 128 Å². The van der Waals surface area contributed by atoms with E-state index in [1.165, 1.54) is 0 Å². The number of ether oxygens (including phenoxy) is 3. The number of hydrogen-bond donors (Lipinski definition) is 0. The minimum Gasteiger partial charge on any atom is -0.423 e. The van der Waals surface area contributed by atoms with Gasteiger partial charge in [-0.1, -0.05) is 80.4 Å². The van der Waals surface area contributed by atoms with Gasteiger partial charge in [0.05, 0.1) is 0 Å². The number of carbonyl (C=O) groups is 3. The third-order valence-corrected chi connectivity index (χ3v) is 6.05. The lowest BCUT2D eigenvalue weighted by molar-refractivity contribution is -0.130. The molecular weight excluding hydrogens is 516 g/mol. The van der Waals surface area contributed by atoms with Gasteiger partial charge in [0, 0.05) is 22.8 Å². The van der Waals surface area contributed by atoms with Crippen LogP contribution < -0.4 is 14.2 Å². The molecule has 4 aromatic carbocycles. The Balaban J connectivity index is 1.59. The van der Waals surface area contributed by atoms with Gasteiger partial charge in [-0.05, 0) is 72.0 Å². The molecule has 6 nitrogen and oxygen atoms in total. The largest absolute Gasteiger partial charge is 0.423 e. The van der Waals surface area contributed by atoms with E-state index in [2.05, 4.69) is 19.7 Å². The van der Waals surface area contributed by atoms with Crippen molar-refractivity contribution < 1.29 is 28.6 Å². The van der Waals surface area contributed by atoms with Crippen LogP contribution in [0.4, 0.5) is 0 Å². The molecule has 0 aliphatic heterocycles. The fourth-order valence-electron chi connectivity index (χ4n) is 3.84. The maximum Gasteiger partial charge on any atom is 0.338 e. The second-order valence-electron chi connectivity index (χ2n) is 9.30. The molecule has 4 aromatic rings. The Kier molecular flexibility index (Phi) is 8.75. The smallest absolute Gasteiger partial charge is 0.338 e. The van der Waals surface area contributed by atoms with Crippen molar-refractivity contribution in [3.8, 4) is 50.6 Å². The molecule has 0 aliphatic carbocycles. The Bertz CT molecular complexity index is 1640. The van der Waals surface area contributed by atoms with Gasteiger partial charge in [0.15, 0.2) is 0 Å². The first-order chi connectivity index (χ1) is 19.6. The molecule has 0 aliphatic rings. The highest BCUT2D eigenvalue weighted by Gasteiger charge is 2.13. The van der Waals surface area contributed by atoms with E-state index in [1.54, 1.807) is 44.2 Å². The van der Waals surface area contributed by atoms with Crippen LogP contribution in [0.25, 0.3) is 33.4 Å². The zero-order valence-electron chi connectivity index (χ0n) is 22.8. The molecule has 4 rings (SSSR count). The zero-order chi connectivity index (χ0) is 29.5. The summed E-state index contributed by atoms with van der Waals surface area (Å²) in [6, 6.07) is 27.6. The summed E-state index contributed by atoms with van der Waals surface area (Å²) in [5.74, 6) is -0.319. The molecule has 0 aromatic heterocycles. The third-order valence-electron chi connectivity index (χ3n) is 6.05. The quantitative estimate of drug-likeness (QED) is 0.122. The first-order valence-electron chi connectivity index (χ1n) is 12.7. The van der Waals surface area contributed by atoms with Gasteiger partial charge in [-0.15, -0.1) is 0 Å². The SMILES string of the molecule is C=CC(=O)Oc1cc(-c2ccc(OC(=O)C(=C)C)cc2)ccc1-c1ccc(-c2ccc(OC(=O)C(=C)C)cc2)cc1. The van der Waals surface area contributed by atoms with E-state index in [0.717, 1.165) is 39.5 Å². The second-order valence-corrected chi connectivity index (χ2v) is 9.30. The predicted octanol–water partition coefficient (Wildman–Crippen LogP) is 7.74.